The Labute approximate surface area is 195 Å². The fourth-order valence-electron chi connectivity index (χ4n) is 3.76. The number of aromatic nitrogens is 3. The van der Waals surface area contributed by atoms with E-state index in [2.05, 4.69) is 24.5 Å². The van der Waals surface area contributed by atoms with Crippen LogP contribution in [0, 0.1) is 5.82 Å². The average molecular weight is 491 g/mol. The molecule has 0 aliphatic carbocycles. The monoisotopic (exact) mass is 490 g/mol. The summed E-state index contributed by atoms with van der Waals surface area (Å²) < 4.78 is 56.6. The van der Waals surface area contributed by atoms with Crippen molar-refractivity contribution < 1.29 is 22.2 Å². The second-order valence-corrected chi connectivity index (χ2v) is 11.3. The summed E-state index contributed by atoms with van der Waals surface area (Å²) in [5.74, 6) is -0.438. The number of hydrogen-bond acceptors (Lipinski definition) is 9. The van der Waals surface area contributed by atoms with Gasteiger partial charge in [0.2, 0.25) is 5.88 Å². The van der Waals surface area contributed by atoms with E-state index < -0.39 is 32.5 Å². The van der Waals surface area contributed by atoms with E-state index in [1.165, 1.54) is 44.8 Å². The molecule has 1 unspecified atom stereocenters. The van der Waals surface area contributed by atoms with Gasteiger partial charge >= 0.3 is 0 Å². The van der Waals surface area contributed by atoms with Gasteiger partial charge in [0.1, 0.15) is 40.0 Å². The Bertz CT molecular complexity index is 1380. The molecule has 0 spiro atoms. The number of amidine groups is 1. The number of nitrogens with two attached hydrogens (primary N) is 1. The second-order valence-electron chi connectivity index (χ2n) is 8.35. The third kappa shape index (κ3) is 3.71. The average Bonchev–Trinajstić information content (AvgIpc) is 3.33. The van der Waals surface area contributed by atoms with Gasteiger partial charge in [0.05, 0.1) is 35.0 Å². The smallest absolute Gasteiger partial charge is 0.232 e. The zero-order valence-corrected chi connectivity index (χ0v) is 19.9. The topological polar surface area (TPSA) is 129 Å². The fourth-order valence-corrected chi connectivity index (χ4v) is 6.02. The molecular formula is C22H24F2N6O3S. The summed E-state index contributed by atoms with van der Waals surface area (Å²) in [6.07, 6.45) is 2.91. The van der Waals surface area contributed by atoms with Gasteiger partial charge in [-0.1, -0.05) is 5.16 Å². The molecule has 34 heavy (non-hydrogen) atoms. The van der Waals surface area contributed by atoms with Crippen molar-refractivity contribution in [3.8, 4) is 28.6 Å². The van der Waals surface area contributed by atoms with Crippen LogP contribution in [-0.4, -0.2) is 56.5 Å². The highest BCUT2D eigenvalue weighted by Gasteiger charge is 2.50. The molecule has 2 aromatic heterocycles. The van der Waals surface area contributed by atoms with Gasteiger partial charge in [0, 0.05) is 24.2 Å². The third-order valence-electron chi connectivity index (χ3n) is 6.06. The maximum Gasteiger partial charge on any atom is 0.232 e. The maximum absolute atomic E-state index is 15.0. The summed E-state index contributed by atoms with van der Waals surface area (Å²) in [6, 6.07) is 5.65. The lowest BCUT2D eigenvalue weighted by atomic mass is 9.90. The van der Waals surface area contributed by atoms with Crippen molar-refractivity contribution in [2.45, 2.75) is 24.1 Å². The van der Waals surface area contributed by atoms with E-state index >= 15 is 4.39 Å². The molecular weight excluding hydrogens is 466 g/mol. The van der Waals surface area contributed by atoms with Crippen LogP contribution in [0.2, 0.25) is 0 Å². The van der Waals surface area contributed by atoms with Crippen molar-refractivity contribution in [1.82, 2.24) is 15.1 Å². The largest absolute Gasteiger partial charge is 0.480 e. The van der Waals surface area contributed by atoms with E-state index in [4.69, 9.17) is 15.0 Å². The number of hydrogen-bond donors (Lipinski definition) is 1. The van der Waals surface area contributed by atoms with Crippen LogP contribution in [0.25, 0.3) is 22.7 Å². The SMILES string of the molecule is CN=S1(=O)C[C@](CF)(c2cc(-c3cc(-c4cnc(OC)cn4)no3)ccc2F)N=C(N)C1(C)C. The second kappa shape index (κ2) is 8.42. The van der Waals surface area contributed by atoms with Crippen molar-refractivity contribution in [2.75, 3.05) is 26.6 Å². The standard InChI is InChI=1S/C22H24F2N6O3S/c1-21(2)20(25)29-22(11-23,12-34(21,31)26-3)14-7-13(5-6-15(14)24)18-8-16(30-33-18)17-9-28-19(32-4)10-27-17/h5-10H,11-12H2,1-4H3,(H2,25,29)/t22-,34?/m1/s1. The van der Waals surface area contributed by atoms with Crippen LogP contribution in [0.1, 0.15) is 19.4 Å². The lowest BCUT2D eigenvalue weighted by Crippen LogP contribution is -2.56. The van der Waals surface area contributed by atoms with Crippen molar-refractivity contribution in [2.24, 2.45) is 15.1 Å². The van der Waals surface area contributed by atoms with Crippen molar-refractivity contribution >= 4 is 15.6 Å². The van der Waals surface area contributed by atoms with Gasteiger partial charge < -0.3 is 15.0 Å². The predicted molar refractivity (Wildman–Crippen MR) is 124 cm³/mol. The summed E-state index contributed by atoms with van der Waals surface area (Å²) in [4.78, 5) is 12.6. The van der Waals surface area contributed by atoms with E-state index in [0.717, 1.165) is 0 Å². The number of rotatable bonds is 5. The van der Waals surface area contributed by atoms with Crippen LogP contribution < -0.4 is 10.5 Å². The highest BCUT2D eigenvalue weighted by atomic mass is 32.2. The van der Waals surface area contributed by atoms with Crippen LogP contribution in [0.4, 0.5) is 8.78 Å². The molecule has 180 valence electrons. The number of methoxy groups -OCH3 is 1. The highest BCUT2D eigenvalue weighted by Crippen LogP contribution is 2.41. The molecule has 0 bridgehead atoms. The van der Waals surface area contributed by atoms with Gasteiger partial charge in [0.15, 0.2) is 5.76 Å². The molecule has 9 nitrogen and oxygen atoms in total. The number of halogens is 2. The minimum absolute atomic E-state index is 0.0446. The Morgan fingerprint density at radius 1 is 1.24 bits per heavy atom. The molecule has 0 radical (unpaired) electrons. The Balaban J connectivity index is 1.79. The van der Waals surface area contributed by atoms with E-state index in [0.29, 0.717) is 22.8 Å². The number of aliphatic imine (C=N–C) groups is 1. The van der Waals surface area contributed by atoms with Gasteiger partial charge in [-0.2, -0.15) is 0 Å². The van der Waals surface area contributed by atoms with Crippen LogP contribution in [0.3, 0.4) is 0 Å². The molecule has 1 aliphatic rings. The fraction of sp³-hybridized carbons (Fsp3) is 0.364. The van der Waals surface area contributed by atoms with Crippen LogP contribution in [0.15, 0.2) is 50.5 Å². The van der Waals surface area contributed by atoms with E-state index in [9.17, 15) is 8.60 Å². The van der Waals surface area contributed by atoms with Gasteiger partial charge in [-0.25, -0.2) is 27.3 Å². The first-order chi connectivity index (χ1) is 16.1. The molecule has 2 N–H and O–H groups in total. The first-order valence-corrected chi connectivity index (χ1v) is 12.0. The Kier molecular flexibility index (Phi) is 5.88. The maximum atomic E-state index is 15.0. The summed E-state index contributed by atoms with van der Waals surface area (Å²) in [6.45, 7) is 2.15. The number of nitrogens with zero attached hydrogens (tertiary/aromatic N) is 5. The van der Waals surface area contributed by atoms with Crippen molar-refractivity contribution in [3.63, 3.8) is 0 Å². The van der Waals surface area contributed by atoms with Gasteiger partial charge in [-0.3, -0.25) is 4.99 Å². The van der Waals surface area contributed by atoms with Gasteiger partial charge in [-0.15, -0.1) is 0 Å². The van der Waals surface area contributed by atoms with Crippen molar-refractivity contribution in [1.29, 1.82) is 0 Å². The Morgan fingerprint density at radius 2 is 2.00 bits per heavy atom. The van der Waals surface area contributed by atoms with Crippen molar-refractivity contribution in [3.05, 3.63) is 48.0 Å². The summed E-state index contributed by atoms with van der Waals surface area (Å²) in [5.41, 5.74) is 5.48. The van der Waals surface area contributed by atoms with E-state index in [1.807, 2.05) is 0 Å². The minimum Gasteiger partial charge on any atom is -0.480 e. The molecule has 3 heterocycles. The molecule has 2 atom stereocenters. The molecule has 1 aliphatic heterocycles. The zero-order valence-electron chi connectivity index (χ0n) is 19.1. The van der Waals surface area contributed by atoms with Gasteiger partial charge in [-0.05, 0) is 32.0 Å². The molecule has 4 rings (SSSR count). The lowest BCUT2D eigenvalue weighted by molar-refractivity contribution is 0.326. The third-order valence-corrected chi connectivity index (χ3v) is 9.32. The molecule has 0 saturated heterocycles. The first-order valence-electron chi connectivity index (χ1n) is 10.3. The summed E-state index contributed by atoms with van der Waals surface area (Å²) in [7, 11) is -0.190. The molecule has 0 saturated carbocycles. The molecule has 0 fully saturated rings. The van der Waals surface area contributed by atoms with E-state index in [-0.39, 0.29) is 22.9 Å². The number of ether oxygens (including phenoxy) is 1. The normalized spacial score (nSPS) is 23.9. The Hall–Kier alpha value is -3.41. The van der Waals surface area contributed by atoms with Crippen LogP contribution >= 0.6 is 0 Å². The summed E-state index contributed by atoms with van der Waals surface area (Å²) in [5, 5.41) is 3.99. The predicted octanol–water partition coefficient (Wildman–Crippen LogP) is 3.36. The molecule has 1 aromatic carbocycles. The molecule has 0 amide bonds. The molecule has 12 heteroatoms. The van der Waals surface area contributed by atoms with E-state index in [1.54, 1.807) is 19.9 Å². The van der Waals surface area contributed by atoms with Gasteiger partial charge in [0.25, 0.3) is 0 Å². The summed E-state index contributed by atoms with van der Waals surface area (Å²) >= 11 is 0. The van der Waals surface area contributed by atoms with Crippen LogP contribution in [-0.2, 0) is 15.3 Å². The zero-order chi connectivity index (χ0) is 24.7. The highest BCUT2D eigenvalue weighted by molar-refractivity contribution is 7.95. The quantitative estimate of drug-likeness (QED) is 0.581. The number of benzene rings is 1. The number of alkyl halides is 1. The van der Waals surface area contributed by atoms with Crippen LogP contribution in [0.5, 0.6) is 5.88 Å². The Morgan fingerprint density at radius 3 is 2.62 bits per heavy atom. The molecule has 3 aromatic rings. The first kappa shape index (κ1) is 23.7. The lowest BCUT2D eigenvalue weighted by Gasteiger charge is -2.41. The minimum atomic E-state index is -3.05.